The van der Waals surface area contributed by atoms with Crippen LogP contribution in [0.3, 0.4) is 0 Å². The lowest BCUT2D eigenvalue weighted by molar-refractivity contribution is 0.125. The molecule has 6 nitrogen and oxygen atoms in total. The van der Waals surface area contributed by atoms with E-state index in [1.807, 2.05) is 19.1 Å². The van der Waals surface area contributed by atoms with Gasteiger partial charge in [0.2, 0.25) is 0 Å². The Balaban J connectivity index is 1.99. The molecule has 0 unspecified atom stereocenters. The highest BCUT2D eigenvalue weighted by Gasteiger charge is 2.19. The van der Waals surface area contributed by atoms with E-state index in [9.17, 15) is 0 Å². The minimum atomic E-state index is 0.508. The topological polar surface area (TPSA) is 61.2 Å². The van der Waals surface area contributed by atoms with Gasteiger partial charge in [-0.2, -0.15) is 0 Å². The summed E-state index contributed by atoms with van der Waals surface area (Å²) in [7, 11) is 1.68. The predicted octanol–water partition coefficient (Wildman–Crippen LogP) is 4.86. The maximum absolute atomic E-state index is 5.70. The molecule has 0 spiro atoms. The molecular formula is C23H32N4O2. The van der Waals surface area contributed by atoms with Crippen molar-refractivity contribution in [2.24, 2.45) is 5.92 Å². The molecule has 0 atom stereocenters. The predicted molar refractivity (Wildman–Crippen MR) is 117 cm³/mol. The Bertz CT molecular complexity index is 961. The van der Waals surface area contributed by atoms with Crippen molar-refractivity contribution in [1.82, 2.24) is 14.5 Å². The summed E-state index contributed by atoms with van der Waals surface area (Å²) in [6.07, 6.45) is 0. The monoisotopic (exact) mass is 396 g/mol. The molecule has 3 aromatic rings. The second-order valence-corrected chi connectivity index (χ2v) is 7.74. The van der Waals surface area contributed by atoms with Gasteiger partial charge in [0.05, 0.1) is 12.6 Å². The number of nitrogens with one attached hydrogen (secondary N) is 1. The van der Waals surface area contributed by atoms with Crippen LogP contribution in [-0.4, -0.2) is 28.3 Å². The number of imidazole rings is 1. The lowest BCUT2D eigenvalue weighted by Crippen LogP contribution is -2.11. The fourth-order valence-corrected chi connectivity index (χ4v) is 3.44. The molecule has 0 bridgehead atoms. The van der Waals surface area contributed by atoms with Crippen molar-refractivity contribution < 1.29 is 9.47 Å². The summed E-state index contributed by atoms with van der Waals surface area (Å²) in [4.78, 5) is 9.75. The molecule has 0 radical (unpaired) electrons. The first-order valence-electron chi connectivity index (χ1n) is 10.2. The Morgan fingerprint density at radius 3 is 2.45 bits per heavy atom. The maximum Gasteiger partial charge on any atom is 0.154 e. The summed E-state index contributed by atoms with van der Waals surface area (Å²) in [6.45, 7) is 13.4. The molecule has 1 N–H and O–H groups in total. The summed E-state index contributed by atoms with van der Waals surface area (Å²) >= 11 is 0. The van der Waals surface area contributed by atoms with Crippen LogP contribution in [0.1, 0.15) is 43.4 Å². The first-order valence-corrected chi connectivity index (χ1v) is 10.2. The van der Waals surface area contributed by atoms with Gasteiger partial charge in [-0.25, -0.2) is 9.97 Å². The molecule has 3 rings (SSSR count). The number of hydrogen-bond donors (Lipinski definition) is 1. The minimum Gasteiger partial charge on any atom is -0.497 e. The zero-order valence-corrected chi connectivity index (χ0v) is 18.4. The van der Waals surface area contributed by atoms with E-state index in [4.69, 9.17) is 19.4 Å². The summed E-state index contributed by atoms with van der Waals surface area (Å²) in [5.41, 5.74) is 5.42. The van der Waals surface area contributed by atoms with E-state index in [-0.39, 0.29) is 0 Å². The van der Waals surface area contributed by atoms with Crippen LogP contribution >= 0.6 is 0 Å². The van der Waals surface area contributed by atoms with Gasteiger partial charge >= 0.3 is 0 Å². The van der Waals surface area contributed by atoms with Crippen LogP contribution in [0.2, 0.25) is 0 Å². The second-order valence-electron chi connectivity index (χ2n) is 7.74. The van der Waals surface area contributed by atoms with E-state index in [0.29, 0.717) is 25.7 Å². The third kappa shape index (κ3) is 4.70. The van der Waals surface area contributed by atoms with E-state index in [1.165, 1.54) is 5.56 Å². The zero-order valence-electron chi connectivity index (χ0n) is 18.4. The Kier molecular flexibility index (Phi) is 6.75. The smallest absolute Gasteiger partial charge is 0.154 e. The highest BCUT2D eigenvalue weighted by Crippen LogP contribution is 2.29. The van der Waals surface area contributed by atoms with Crippen molar-refractivity contribution >= 4 is 16.9 Å². The Labute approximate surface area is 173 Å². The largest absolute Gasteiger partial charge is 0.497 e. The second kappa shape index (κ2) is 9.27. The number of fused-ring (bicyclic) bond motifs is 1. The van der Waals surface area contributed by atoms with Crippen molar-refractivity contribution in [3.8, 4) is 5.75 Å². The lowest BCUT2D eigenvalue weighted by atomic mass is 10.1. The molecule has 2 aromatic heterocycles. The molecule has 0 saturated carbocycles. The van der Waals surface area contributed by atoms with Crippen LogP contribution < -0.4 is 10.1 Å². The Morgan fingerprint density at radius 1 is 1.10 bits per heavy atom. The van der Waals surface area contributed by atoms with Crippen molar-refractivity contribution in [1.29, 1.82) is 0 Å². The summed E-state index contributed by atoms with van der Waals surface area (Å²) in [5.74, 6) is 3.14. The van der Waals surface area contributed by atoms with Crippen LogP contribution in [0.25, 0.3) is 11.0 Å². The van der Waals surface area contributed by atoms with Gasteiger partial charge in [0.1, 0.15) is 23.7 Å². The minimum absolute atomic E-state index is 0.508. The van der Waals surface area contributed by atoms with Gasteiger partial charge in [-0.1, -0.05) is 26.0 Å². The number of hydrogen-bond acceptors (Lipinski definition) is 5. The van der Waals surface area contributed by atoms with E-state index in [2.05, 4.69) is 49.7 Å². The molecule has 0 amide bonds. The summed E-state index contributed by atoms with van der Waals surface area (Å²) in [5, 5.41) is 3.49. The lowest BCUT2D eigenvalue weighted by Gasteiger charge is -2.15. The molecule has 156 valence electrons. The molecule has 6 heteroatoms. The van der Waals surface area contributed by atoms with Crippen molar-refractivity contribution in [2.75, 3.05) is 19.0 Å². The van der Waals surface area contributed by atoms with Crippen LogP contribution in [-0.2, 0) is 24.4 Å². The zero-order chi connectivity index (χ0) is 21.0. The van der Waals surface area contributed by atoms with Crippen molar-refractivity contribution in [2.45, 2.75) is 54.3 Å². The average molecular weight is 397 g/mol. The van der Waals surface area contributed by atoms with Gasteiger partial charge < -0.3 is 19.4 Å². The van der Waals surface area contributed by atoms with E-state index in [0.717, 1.165) is 46.2 Å². The molecule has 0 aliphatic heterocycles. The van der Waals surface area contributed by atoms with Gasteiger partial charge in [-0.15, -0.1) is 0 Å². The molecule has 0 saturated heterocycles. The van der Waals surface area contributed by atoms with E-state index >= 15 is 0 Å². The van der Waals surface area contributed by atoms with Gasteiger partial charge in [0.15, 0.2) is 5.82 Å². The number of aromatic nitrogens is 3. The molecular weight excluding hydrogens is 364 g/mol. The Hall–Kier alpha value is -2.60. The quantitative estimate of drug-likeness (QED) is 0.560. The molecule has 2 heterocycles. The van der Waals surface area contributed by atoms with Gasteiger partial charge in [-0.3, -0.25) is 0 Å². The normalized spacial score (nSPS) is 11.4. The fraction of sp³-hybridized carbons (Fsp3) is 0.478. The third-order valence-electron chi connectivity index (χ3n) is 5.05. The summed E-state index contributed by atoms with van der Waals surface area (Å²) in [6, 6.07) is 8.06. The fourth-order valence-electron chi connectivity index (χ4n) is 3.44. The standard InChI is InChI=1S/C23H32N4O2/c1-7-29-14-20-26-21-22(27(20)13-15(2)3)16(4)17(5)25-23(21)24-12-18-8-10-19(28-6)11-9-18/h8-11,15H,7,12-14H2,1-6H3,(H,24,25). The summed E-state index contributed by atoms with van der Waals surface area (Å²) < 4.78 is 13.2. The number of pyridine rings is 1. The number of nitrogens with zero attached hydrogens (tertiary/aromatic N) is 3. The third-order valence-corrected chi connectivity index (χ3v) is 5.05. The van der Waals surface area contributed by atoms with Crippen molar-refractivity contribution in [3.05, 3.63) is 46.9 Å². The van der Waals surface area contributed by atoms with Crippen LogP contribution in [0.4, 0.5) is 5.82 Å². The highest BCUT2D eigenvalue weighted by atomic mass is 16.5. The number of anilines is 1. The number of methoxy groups -OCH3 is 1. The van der Waals surface area contributed by atoms with E-state index in [1.54, 1.807) is 7.11 Å². The average Bonchev–Trinajstić information content (AvgIpc) is 3.06. The maximum atomic E-state index is 5.70. The van der Waals surface area contributed by atoms with Gasteiger partial charge in [0.25, 0.3) is 0 Å². The molecule has 0 aliphatic rings. The SMILES string of the molecule is CCOCc1nc2c(NCc3ccc(OC)cc3)nc(C)c(C)c2n1CC(C)C. The number of rotatable bonds is 9. The first-order chi connectivity index (χ1) is 13.9. The van der Waals surface area contributed by atoms with Crippen LogP contribution in [0.5, 0.6) is 5.75 Å². The molecule has 0 fully saturated rings. The van der Waals surface area contributed by atoms with Crippen molar-refractivity contribution in [3.63, 3.8) is 0 Å². The number of ether oxygens (including phenoxy) is 2. The van der Waals surface area contributed by atoms with Gasteiger partial charge in [-0.05, 0) is 49.9 Å². The molecule has 1 aromatic carbocycles. The van der Waals surface area contributed by atoms with Crippen LogP contribution in [0.15, 0.2) is 24.3 Å². The Morgan fingerprint density at radius 2 is 1.83 bits per heavy atom. The highest BCUT2D eigenvalue weighted by molar-refractivity contribution is 5.89. The first kappa shape index (κ1) is 21.1. The number of benzene rings is 1. The van der Waals surface area contributed by atoms with Gasteiger partial charge in [0, 0.05) is 25.4 Å². The molecule has 29 heavy (non-hydrogen) atoms. The van der Waals surface area contributed by atoms with E-state index < -0.39 is 0 Å². The molecule has 0 aliphatic carbocycles. The number of aryl methyl sites for hydroxylation is 2. The van der Waals surface area contributed by atoms with Crippen LogP contribution in [0, 0.1) is 19.8 Å².